The molecule has 1 aliphatic rings. The SMILES string of the molecule is Cc1cc(NC(=O)CSc2nc3cc(C(=O)NC[C@@H]4CCCO4)ccc3c(=O)n2Cc2ccco2)n[nH]1. The van der Waals surface area contributed by atoms with Crippen molar-refractivity contribution in [1.82, 2.24) is 25.1 Å². The van der Waals surface area contributed by atoms with Crippen molar-refractivity contribution in [2.75, 3.05) is 24.2 Å². The number of aryl methyl sites for hydroxylation is 1. The maximum Gasteiger partial charge on any atom is 0.262 e. The molecule has 0 radical (unpaired) electrons. The van der Waals surface area contributed by atoms with E-state index >= 15 is 0 Å². The zero-order valence-corrected chi connectivity index (χ0v) is 21.0. The predicted molar refractivity (Wildman–Crippen MR) is 138 cm³/mol. The van der Waals surface area contributed by atoms with Crippen LogP contribution >= 0.6 is 11.8 Å². The first kappa shape index (κ1) is 24.8. The average molecular weight is 523 g/mol. The molecule has 1 saturated heterocycles. The van der Waals surface area contributed by atoms with Crippen molar-refractivity contribution >= 4 is 40.3 Å². The van der Waals surface area contributed by atoms with E-state index in [0.717, 1.165) is 30.3 Å². The average Bonchev–Trinajstić information content (AvgIpc) is 3.67. The lowest BCUT2D eigenvalue weighted by atomic mass is 10.1. The van der Waals surface area contributed by atoms with E-state index in [9.17, 15) is 14.4 Å². The summed E-state index contributed by atoms with van der Waals surface area (Å²) >= 11 is 1.12. The van der Waals surface area contributed by atoms with Gasteiger partial charge in [0, 0.05) is 30.5 Å². The Morgan fingerprint density at radius 3 is 2.89 bits per heavy atom. The smallest absolute Gasteiger partial charge is 0.262 e. The number of hydrogen-bond donors (Lipinski definition) is 3. The summed E-state index contributed by atoms with van der Waals surface area (Å²) in [6, 6.07) is 10.0. The van der Waals surface area contributed by atoms with Gasteiger partial charge < -0.3 is 19.8 Å². The number of nitrogens with zero attached hydrogens (tertiary/aromatic N) is 3. The third-order valence-electron chi connectivity index (χ3n) is 5.90. The number of thioether (sulfide) groups is 1. The van der Waals surface area contributed by atoms with Crippen LogP contribution < -0.4 is 16.2 Å². The van der Waals surface area contributed by atoms with E-state index in [4.69, 9.17) is 9.15 Å². The van der Waals surface area contributed by atoms with Crippen molar-refractivity contribution < 1.29 is 18.7 Å². The van der Waals surface area contributed by atoms with Crippen LogP contribution in [-0.4, -0.2) is 56.6 Å². The summed E-state index contributed by atoms with van der Waals surface area (Å²) in [5.41, 5.74) is 1.29. The first-order valence-corrected chi connectivity index (χ1v) is 12.9. The molecule has 37 heavy (non-hydrogen) atoms. The highest BCUT2D eigenvalue weighted by Gasteiger charge is 2.19. The Bertz CT molecular complexity index is 1470. The van der Waals surface area contributed by atoms with Crippen LogP contribution in [-0.2, 0) is 16.1 Å². The topological polar surface area (TPSA) is 144 Å². The van der Waals surface area contributed by atoms with Crippen LogP contribution in [0.3, 0.4) is 0 Å². The predicted octanol–water partition coefficient (Wildman–Crippen LogP) is 2.71. The number of benzene rings is 1. The third kappa shape index (κ3) is 5.92. The largest absolute Gasteiger partial charge is 0.467 e. The molecule has 192 valence electrons. The van der Waals surface area contributed by atoms with Gasteiger partial charge in [-0.15, -0.1) is 0 Å². The number of carbonyl (C=O) groups is 2. The minimum atomic E-state index is -0.294. The second-order valence-corrected chi connectivity index (χ2v) is 9.66. The molecular formula is C25H26N6O5S. The number of anilines is 1. The Hall–Kier alpha value is -3.90. The number of aromatic amines is 1. The molecule has 5 rings (SSSR count). The second-order valence-electron chi connectivity index (χ2n) is 8.72. The van der Waals surface area contributed by atoms with Crippen LogP contribution in [0.2, 0.25) is 0 Å². The van der Waals surface area contributed by atoms with Gasteiger partial charge in [0.25, 0.3) is 11.5 Å². The molecular weight excluding hydrogens is 496 g/mol. The highest BCUT2D eigenvalue weighted by Crippen LogP contribution is 2.21. The first-order chi connectivity index (χ1) is 18.0. The van der Waals surface area contributed by atoms with Crippen molar-refractivity contribution in [1.29, 1.82) is 0 Å². The highest BCUT2D eigenvalue weighted by atomic mass is 32.2. The van der Waals surface area contributed by atoms with Crippen LogP contribution in [0.25, 0.3) is 10.9 Å². The number of nitrogens with one attached hydrogen (secondary N) is 3. The van der Waals surface area contributed by atoms with Crippen molar-refractivity contribution in [2.24, 2.45) is 0 Å². The molecule has 0 unspecified atom stereocenters. The molecule has 0 bridgehead atoms. The number of rotatable bonds is 9. The minimum Gasteiger partial charge on any atom is -0.467 e. The molecule has 2 amide bonds. The molecule has 3 N–H and O–H groups in total. The van der Waals surface area contributed by atoms with E-state index in [0.29, 0.717) is 46.4 Å². The highest BCUT2D eigenvalue weighted by molar-refractivity contribution is 7.99. The molecule has 4 aromatic rings. The van der Waals surface area contributed by atoms with Gasteiger partial charge in [0.1, 0.15) is 5.76 Å². The Labute approximate surface area is 216 Å². The second kappa shape index (κ2) is 11.0. The molecule has 1 fully saturated rings. The minimum absolute atomic E-state index is 0.00355. The van der Waals surface area contributed by atoms with Gasteiger partial charge >= 0.3 is 0 Å². The van der Waals surface area contributed by atoms with Gasteiger partial charge in [0.2, 0.25) is 5.91 Å². The van der Waals surface area contributed by atoms with Gasteiger partial charge in [-0.3, -0.25) is 24.0 Å². The van der Waals surface area contributed by atoms with E-state index in [-0.39, 0.29) is 35.8 Å². The molecule has 4 heterocycles. The van der Waals surface area contributed by atoms with Crippen LogP contribution in [0.1, 0.15) is 34.7 Å². The number of fused-ring (bicyclic) bond motifs is 1. The van der Waals surface area contributed by atoms with Crippen LogP contribution in [0, 0.1) is 6.92 Å². The number of amides is 2. The van der Waals surface area contributed by atoms with Crippen molar-refractivity contribution in [3.8, 4) is 0 Å². The van der Waals surface area contributed by atoms with Crippen molar-refractivity contribution in [2.45, 2.75) is 37.6 Å². The summed E-state index contributed by atoms with van der Waals surface area (Å²) in [4.78, 5) is 43.3. The fourth-order valence-corrected chi connectivity index (χ4v) is 4.85. The number of carbonyl (C=O) groups excluding carboxylic acids is 2. The molecule has 1 atom stereocenters. The summed E-state index contributed by atoms with van der Waals surface area (Å²) in [5.74, 6) is 0.441. The lowest BCUT2D eigenvalue weighted by Crippen LogP contribution is -2.31. The number of H-pyrrole nitrogens is 1. The maximum atomic E-state index is 13.4. The standard InChI is InChI=1S/C25H26N6O5S/c1-15-10-21(30-29-15)28-22(32)14-37-25-27-20-11-16(23(33)26-12-17-4-2-8-35-17)6-7-19(20)24(34)31(25)13-18-5-3-9-36-18/h3,5-7,9-11,17H,2,4,8,12-14H2,1H3,(H,26,33)(H2,28,29,30,32)/t17-/m0/s1. The lowest BCUT2D eigenvalue weighted by molar-refractivity contribution is -0.113. The summed E-state index contributed by atoms with van der Waals surface area (Å²) < 4.78 is 12.5. The van der Waals surface area contributed by atoms with Gasteiger partial charge in [-0.25, -0.2) is 4.98 Å². The Kier molecular flexibility index (Phi) is 7.37. The summed E-state index contributed by atoms with van der Waals surface area (Å²) in [6.07, 6.45) is 3.46. The monoisotopic (exact) mass is 522 g/mol. The number of hydrogen-bond acceptors (Lipinski definition) is 8. The number of furan rings is 1. The fourth-order valence-electron chi connectivity index (χ4n) is 4.05. The molecule has 1 aromatic carbocycles. The quantitative estimate of drug-likeness (QED) is 0.225. The molecule has 3 aromatic heterocycles. The summed E-state index contributed by atoms with van der Waals surface area (Å²) in [5, 5.41) is 13.1. The Balaban J connectivity index is 1.39. The summed E-state index contributed by atoms with van der Waals surface area (Å²) in [6.45, 7) is 3.13. The van der Waals surface area contributed by atoms with Crippen molar-refractivity contribution in [3.05, 3.63) is 70.0 Å². The zero-order chi connectivity index (χ0) is 25.8. The van der Waals surface area contributed by atoms with E-state index < -0.39 is 0 Å². The van der Waals surface area contributed by atoms with Crippen molar-refractivity contribution in [3.63, 3.8) is 0 Å². The first-order valence-electron chi connectivity index (χ1n) is 11.9. The van der Waals surface area contributed by atoms with Gasteiger partial charge in [-0.05, 0) is 50.1 Å². The van der Waals surface area contributed by atoms with E-state index in [2.05, 4.69) is 25.8 Å². The molecule has 0 spiro atoms. The third-order valence-corrected chi connectivity index (χ3v) is 6.87. The van der Waals surface area contributed by atoms with Crippen LogP contribution in [0.5, 0.6) is 0 Å². The summed E-state index contributed by atoms with van der Waals surface area (Å²) in [7, 11) is 0. The fraction of sp³-hybridized carbons (Fsp3) is 0.320. The van der Waals surface area contributed by atoms with E-state index in [1.807, 2.05) is 6.92 Å². The Morgan fingerprint density at radius 1 is 1.27 bits per heavy atom. The van der Waals surface area contributed by atoms with Gasteiger partial charge in [0.15, 0.2) is 11.0 Å². The van der Waals surface area contributed by atoms with Gasteiger partial charge in [-0.2, -0.15) is 5.10 Å². The van der Waals surface area contributed by atoms with E-state index in [1.54, 1.807) is 36.4 Å². The Morgan fingerprint density at radius 2 is 2.16 bits per heavy atom. The molecule has 11 nitrogen and oxygen atoms in total. The number of aromatic nitrogens is 4. The van der Waals surface area contributed by atoms with Gasteiger partial charge in [0.05, 0.1) is 35.6 Å². The zero-order valence-electron chi connectivity index (χ0n) is 20.2. The van der Waals surface area contributed by atoms with Crippen LogP contribution in [0.4, 0.5) is 5.82 Å². The maximum absolute atomic E-state index is 13.4. The molecule has 12 heteroatoms. The number of ether oxygens (including phenoxy) is 1. The van der Waals surface area contributed by atoms with E-state index in [1.165, 1.54) is 10.8 Å². The molecule has 0 aliphatic carbocycles. The van der Waals surface area contributed by atoms with Crippen LogP contribution in [0.15, 0.2) is 57.0 Å². The normalized spacial score (nSPS) is 15.2. The van der Waals surface area contributed by atoms with Gasteiger partial charge in [-0.1, -0.05) is 11.8 Å². The molecule has 1 aliphatic heterocycles. The lowest BCUT2D eigenvalue weighted by Gasteiger charge is -2.13. The molecule has 0 saturated carbocycles.